The first kappa shape index (κ1) is 18.6. The molecule has 0 aliphatic carbocycles. The molecule has 0 saturated carbocycles. The van der Waals surface area contributed by atoms with Crippen molar-refractivity contribution in [3.05, 3.63) is 18.5 Å². The zero-order valence-corrected chi connectivity index (χ0v) is 15.6. The van der Waals surface area contributed by atoms with Gasteiger partial charge in [0.2, 0.25) is 17.8 Å². The van der Waals surface area contributed by atoms with E-state index in [0.717, 1.165) is 44.7 Å². The van der Waals surface area contributed by atoms with Gasteiger partial charge in [-0.1, -0.05) is 6.92 Å². The van der Waals surface area contributed by atoms with Gasteiger partial charge in [-0.15, -0.1) is 0 Å². The molecule has 1 aromatic rings. The van der Waals surface area contributed by atoms with Crippen molar-refractivity contribution in [3.63, 3.8) is 0 Å². The van der Waals surface area contributed by atoms with Crippen LogP contribution in [0.25, 0.3) is 0 Å². The summed E-state index contributed by atoms with van der Waals surface area (Å²) >= 11 is 0. The van der Waals surface area contributed by atoms with Crippen molar-refractivity contribution in [1.82, 2.24) is 19.8 Å². The third-order valence-electron chi connectivity index (χ3n) is 5.48. The van der Waals surface area contributed by atoms with Gasteiger partial charge in [0.15, 0.2) is 0 Å². The first-order chi connectivity index (χ1) is 12.6. The van der Waals surface area contributed by atoms with Gasteiger partial charge >= 0.3 is 0 Å². The van der Waals surface area contributed by atoms with Gasteiger partial charge in [-0.05, 0) is 37.7 Å². The van der Waals surface area contributed by atoms with Crippen LogP contribution < -0.4 is 5.32 Å². The maximum absolute atomic E-state index is 12.7. The van der Waals surface area contributed by atoms with Gasteiger partial charge in [0, 0.05) is 57.5 Å². The van der Waals surface area contributed by atoms with Gasteiger partial charge in [-0.2, -0.15) is 0 Å². The molecule has 7 nitrogen and oxygen atoms in total. The quantitative estimate of drug-likeness (QED) is 0.867. The van der Waals surface area contributed by atoms with Crippen LogP contribution in [0.15, 0.2) is 18.5 Å². The van der Waals surface area contributed by atoms with E-state index in [0.29, 0.717) is 37.9 Å². The number of carbonyl (C=O) groups is 2. The Hall–Kier alpha value is -2.18. The lowest BCUT2D eigenvalue weighted by atomic mass is 9.92. The Bertz CT molecular complexity index is 593. The zero-order chi connectivity index (χ0) is 18.4. The molecule has 3 heterocycles. The number of piperidine rings is 2. The number of hydrogen-bond acceptors (Lipinski definition) is 5. The molecule has 0 atom stereocenters. The number of anilines is 1. The van der Waals surface area contributed by atoms with E-state index in [-0.39, 0.29) is 11.8 Å². The topological polar surface area (TPSA) is 78.4 Å². The predicted molar refractivity (Wildman–Crippen MR) is 99.4 cm³/mol. The van der Waals surface area contributed by atoms with E-state index in [1.165, 1.54) is 0 Å². The van der Waals surface area contributed by atoms with Crippen LogP contribution >= 0.6 is 0 Å². The summed E-state index contributed by atoms with van der Waals surface area (Å²) in [5, 5.41) is 3.06. The molecule has 2 fully saturated rings. The van der Waals surface area contributed by atoms with E-state index in [1.807, 2.05) is 9.80 Å². The minimum Gasteiger partial charge on any atom is -0.354 e. The molecule has 0 spiro atoms. The fraction of sp³-hybridized carbons (Fsp3) is 0.684. The van der Waals surface area contributed by atoms with Crippen molar-refractivity contribution < 1.29 is 9.59 Å². The summed E-state index contributed by atoms with van der Waals surface area (Å²) in [4.78, 5) is 37.1. The number of carbonyl (C=O) groups excluding carboxylic acids is 2. The molecule has 2 aliphatic rings. The summed E-state index contributed by atoms with van der Waals surface area (Å²) in [5.41, 5.74) is 0. The Morgan fingerprint density at radius 3 is 2.31 bits per heavy atom. The highest BCUT2D eigenvalue weighted by molar-refractivity contribution is 5.80. The first-order valence-electron chi connectivity index (χ1n) is 9.71. The Kier molecular flexibility index (Phi) is 6.41. The molecule has 0 unspecified atom stereocenters. The average Bonchev–Trinajstić information content (AvgIpc) is 2.69. The molecule has 7 heteroatoms. The summed E-state index contributed by atoms with van der Waals surface area (Å²) in [5.74, 6) is 1.79. The van der Waals surface area contributed by atoms with Gasteiger partial charge in [-0.25, -0.2) is 9.97 Å². The number of amides is 2. The van der Waals surface area contributed by atoms with Crippen molar-refractivity contribution >= 4 is 17.8 Å². The molecule has 0 aromatic carbocycles. The maximum Gasteiger partial charge on any atom is 0.225 e. The lowest BCUT2D eigenvalue weighted by molar-refractivity contribution is -0.141. The molecule has 3 rings (SSSR count). The van der Waals surface area contributed by atoms with Gasteiger partial charge < -0.3 is 15.1 Å². The summed E-state index contributed by atoms with van der Waals surface area (Å²) in [6.07, 6.45) is 7.55. The van der Waals surface area contributed by atoms with Crippen molar-refractivity contribution in [2.75, 3.05) is 38.0 Å². The van der Waals surface area contributed by atoms with Crippen molar-refractivity contribution in [1.29, 1.82) is 0 Å². The van der Waals surface area contributed by atoms with E-state index in [4.69, 9.17) is 0 Å². The molecular formula is C19H29N5O2. The van der Waals surface area contributed by atoms with Crippen LogP contribution in [0.1, 0.15) is 39.0 Å². The standard InChI is InChI=1S/C19H29N5O2/c1-15-4-11-24(12-5-15)18(26)16-6-13-23(14-7-16)17(25)3-10-22-19-20-8-2-9-21-19/h2,8-9,15-16H,3-7,10-14H2,1H3,(H,20,21,22). The maximum atomic E-state index is 12.7. The lowest BCUT2D eigenvalue weighted by Crippen LogP contribution is -2.46. The Morgan fingerprint density at radius 2 is 1.65 bits per heavy atom. The Balaban J connectivity index is 1.37. The second kappa shape index (κ2) is 8.96. The van der Waals surface area contributed by atoms with Crippen molar-refractivity contribution in [2.24, 2.45) is 11.8 Å². The molecule has 2 saturated heterocycles. The van der Waals surface area contributed by atoms with Gasteiger partial charge in [0.1, 0.15) is 0 Å². The summed E-state index contributed by atoms with van der Waals surface area (Å²) in [6.45, 7) is 5.93. The van der Waals surface area contributed by atoms with E-state index >= 15 is 0 Å². The highest BCUT2D eigenvalue weighted by Gasteiger charge is 2.31. The van der Waals surface area contributed by atoms with Crippen LogP contribution in [0.2, 0.25) is 0 Å². The molecule has 142 valence electrons. The van der Waals surface area contributed by atoms with Crippen LogP contribution in [0.4, 0.5) is 5.95 Å². The monoisotopic (exact) mass is 359 g/mol. The van der Waals surface area contributed by atoms with Crippen LogP contribution in [-0.4, -0.2) is 64.3 Å². The zero-order valence-electron chi connectivity index (χ0n) is 15.6. The first-order valence-corrected chi connectivity index (χ1v) is 9.71. The SMILES string of the molecule is CC1CCN(C(=O)C2CCN(C(=O)CCNc3ncccn3)CC2)CC1. The Morgan fingerprint density at radius 1 is 1.04 bits per heavy atom. The largest absolute Gasteiger partial charge is 0.354 e. The fourth-order valence-electron chi connectivity index (χ4n) is 3.69. The molecule has 0 bridgehead atoms. The van der Waals surface area contributed by atoms with E-state index in [1.54, 1.807) is 18.5 Å². The molecule has 26 heavy (non-hydrogen) atoms. The van der Waals surface area contributed by atoms with E-state index in [2.05, 4.69) is 22.2 Å². The van der Waals surface area contributed by atoms with Crippen LogP contribution in [-0.2, 0) is 9.59 Å². The summed E-state index contributed by atoms with van der Waals surface area (Å²) in [7, 11) is 0. The van der Waals surface area contributed by atoms with E-state index in [9.17, 15) is 9.59 Å². The third kappa shape index (κ3) is 4.93. The number of nitrogens with one attached hydrogen (secondary N) is 1. The number of likely N-dealkylation sites (tertiary alicyclic amines) is 2. The van der Waals surface area contributed by atoms with Crippen molar-refractivity contribution in [2.45, 2.75) is 39.0 Å². The second-order valence-corrected chi connectivity index (χ2v) is 7.41. The van der Waals surface area contributed by atoms with Crippen LogP contribution in [0.5, 0.6) is 0 Å². The molecular weight excluding hydrogens is 330 g/mol. The molecule has 1 aromatic heterocycles. The van der Waals surface area contributed by atoms with Crippen LogP contribution in [0.3, 0.4) is 0 Å². The average molecular weight is 359 g/mol. The van der Waals surface area contributed by atoms with Gasteiger partial charge in [0.05, 0.1) is 0 Å². The molecule has 1 N–H and O–H groups in total. The summed E-state index contributed by atoms with van der Waals surface area (Å²) < 4.78 is 0. The number of aromatic nitrogens is 2. The number of hydrogen-bond donors (Lipinski definition) is 1. The predicted octanol–water partition coefficient (Wildman–Crippen LogP) is 1.78. The summed E-state index contributed by atoms with van der Waals surface area (Å²) in [6, 6.07) is 1.76. The highest BCUT2D eigenvalue weighted by Crippen LogP contribution is 2.23. The lowest BCUT2D eigenvalue weighted by Gasteiger charge is -2.36. The van der Waals surface area contributed by atoms with E-state index < -0.39 is 0 Å². The molecule has 2 aliphatic heterocycles. The minimum atomic E-state index is 0.0864. The highest BCUT2D eigenvalue weighted by atomic mass is 16.2. The van der Waals surface area contributed by atoms with Crippen molar-refractivity contribution in [3.8, 4) is 0 Å². The third-order valence-corrected chi connectivity index (χ3v) is 5.48. The normalized spacial score (nSPS) is 19.4. The van der Waals surface area contributed by atoms with Gasteiger partial charge in [-0.3, -0.25) is 9.59 Å². The molecule has 2 amide bonds. The fourth-order valence-corrected chi connectivity index (χ4v) is 3.69. The second-order valence-electron chi connectivity index (χ2n) is 7.41. The van der Waals surface area contributed by atoms with Crippen LogP contribution in [0, 0.1) is 11.8 Å². The minimum absolute atomic E-state index is 0.0864. The number of rotatable bonds is 5. The Labute approximate surface area is 155 Å². The smallest absolute Gasteiger partial charge is 0.225 e. The van der Waals surface area contributed by atoms with Gasteiger partial charge in [0.25, 0.3) is 0 Å². The number of nitrogens with zero attached hydrogens (tertiary/aromatic N) is 4. The molecule has 0 radical (unpaired) electrons.